The number of nitrogens with zero attached hydrogens (tertiary/aromatic N) is 3. The summed E-state index contributed by atoms with van der Waals surface area (Å²) in [5.74, 6) is 0.0196. The Morgan fingerprint density at radius 3 is 2.19 bits per heavy atom. The normalized spacial score (nSPS) is 15.2. The molecule has 0 saturated carbocycles. The van der Waals surface area contributed by atoms with Gasteiger partial charge < -0.3 is 15.1 Å². The molecule has 1 aliphatic rings. The molecular formula is C22H26N4O. The van der Waals surface area contributed by atoms with Crippen molar-refractivity contribution in [3.63, 3.8) is 0 Å². The fraction of sp³-hybridized carbons (Fsp3) is 0.364. The van der Waals surface area contributed by atoms with Crippen LogP contribution in [0.3, 0.4) is 0 Å². The number of hydrogen-bond acceptors (Lipinski definition) is 4. The predicted molar refractivity (Wildman–Crippen MR) is 107 cm³/mol. The number of carbonyl (C=O) groups is 1. The standard InChI is InChI=1S/C22H26N4O/c23-18-20-6-8-21(9-7-20)24-22(27)11-13-26-16-14-25(15-17-26)12-10-19-4-2-1-3-5-19/h1-9H,10-17H2,(H,24,27). The molecule has 2 aromatic carbocycles. The van der Waals surface area contributed by atoms with E-state index >= 15 is 0 Å². The van der Waals surface area contributed by atoms with Gasteiger partial charge in [0.1, 0.15) is 0 Å². The van der Waals surface area contributed by atoms with E-state index in [0.29, 0.717) is 12.0 Å². The van der Waals surface area contributed by atoms with Crippen LogP contribution in [-0.2, 0) is 11.2 Å². The molecule has 3 rings (SSSR count). The van der Waals surface area contributed by atoms with Crippen molar-refractivity contribution >= 4 is 11.6 Å². The van der Waals surface area contributed by atoms with Gasteiger partial charge in [0.15, 0.2) is 0 Å². The lowest BCUT2D eigenvalue weighted by Gasteiger charge is -2.34. The molecule has 1 saturated heterocycles. The Labute approximate surface area is 161 Å². The SMILES string of the molecule is N#Cc1ccc(NC(=O)CCN2CCN(CCc3ccccc3)CC2)cc1. The first-order valence-electron chi connectivity index (χ1n) is 9.51. The molecule has 5 nitrogen and oxygen atoms in total. The van der Waals surface area contributed by atoms with E-state index in [1.807, 2.05) is 0 Å². The summed E-state index contributed by atoms with van der Waals surface area (Å²) in [7, 11) is 0. The van der Waals surface area contributed by atoms with Gasteiger partial charge in [-0.05, 0) is 36.2 Å². The van der Waals surface area contributed by atoms with Crippen molar-refractivity contribution in [3.05, 3.63) is 65.7 Å². The second-order valence-electron chi connectivity index (χ2n) is 6.91. The van der Waals surface area contributed by atoms with Crippen molar-refractivity contribution in [2.24, 2.45) is 0 Å². The highest BCUT2D eigenvalue weighted by atomic mass is 16.1. The zero-order valence-electron chi connectivity index (χ0n) is 15.6. The number of piperazine rings is 1. The molecule has 0 spiro atoms. The fourth-order valence-electron chi connectivity index (χ4n) is 3.28. The zero-order chi connectivity index (χ0) is 18.9. The number of benzene rings is 2. The van der Waals surface area contributed by atoms with Gasteiger partial charge in [-0.1, -0.05) is 30.3 Å². The van der Waals surface area contributed by atoms with Crippen molar-refractivity contribution in [3.8, 4) is 6.07 Å². The van der Waals surface area contributed by atoms with Crippen LogP contribution >= 0.6 is 0 Å². The first-order chi connectivity index (χ1) is 13.2. The maximum absolute atomic E-state index is 12.1. The van der Waals surface area contributed by atoms with E-state index in [4.69, 9.17) is 5.26 Å². The van der Waals surface area contributed by atoms with Crippen molar-refractivity contribution in [2.45, 2.75) is 12.8 Å². The Morgan fingerprint density at radius 2 is 1.56 bits per heavy atom. The largest absolute Gasteiger partial charge is 0.326 e. The minimum absolute atomic E-state index is 0.0196. The average molecular weight is 362 g/mol. The number of hydrogen-bond donors (Lipinski definition) is 1. The van der Waals surface area contributed by atoms with Crippen LogP contribution in [0.5, 0.6) is 0 Å². The molecule has 1 aliphatic heterocycles. The summed E-state index contributed by atoms with van der Waals surface area (Å²) < 4.78 is 0. The lowest BCUT2D eigenvalue weighted by molar-refractivity contribution is -0.116. The summed E-state index contributed by atoms with van der Waals surface area (Å²) >= 11 is 0. The lowest BCUT2D eigenvalue weighted by atomic mass is 10.1. The first-order valence-corrected chi connectivity index (χ1v) is 9.51. The number of anilines is 1. The quantitative estimate of drug-likeness (QED) is 0.823. The Hall–Kier alpha value is -2.68. The van der Waals surface area contributed by atoms with Gasteiger partial charge in [0.25, 0.3) is 0 Å². The van der Waals surface area contributed by atoms with E-state index in [1.54, 1.807) is 24.3 Å². The number of amides is 1. The molecule has 1 amide bonds. The van der Waals surface area contributed by atoms with E-state index < -0.39 is 0 Å². The van der Waals surface area contributed by atoms with Gasteiger partial charge in [0, 0.05) is 51.4 Å². The molecule has 0 atom stereocenters. The lowest BCUT2D eigenvalue weighted by Crippen LogP contribution is -2.47. The van der Waals surface area contributed by atoms with Crippen LogP contribution in [-0.4, -0.2) is 55.0 Å². The van der Waals surface area contributed by atoms with Crippen molar-refractivity contribution < 1.29 is 4.79 Å². The Morgan fingerprint density at radius 1 is 0.926 bits per heavy atom. The van der Waals surface area contributed by atoms with E-state index in [0.717, 1.165) is 51.4 Å². The highest BCUT2D eigenvalue weighted by molar-refractivity contribution is 5.90. The first kappa shape index (κ1) is 19.1. The van der Waals surface area contributed by atoms with Crippen LogP contribution in [0.25, 0.3) is 0 Å². The van der Waals surface area contributed by atoms with Crippen LogP contribution in [0.2, 0.25) is 0 Å². The molecule has 0 aromatic heterocycles. The molecule has 140 valence electrons. The van der Waals surface area contributed by atoms with Gasteiger partial charge in [0.05, 0.1) is 11.6 Å². The van der Waals surface area contributed by atoms with Crippen LogP contribution in [0.4, 0.5) is 5.69 Å². The zero-order valence-corrected chi connectivity index (χ0v) is 15.6. The number of nitrogens with one attached hydrogen (secondary N) is 1. The number of rotatable bonds is 7. The topological polar surface area (TPSA) is 59.4 Å². The molecule has 2 aromatic rings. The molecule has 27 heavy (non-hydrogen) atoms. The highest BCUT2D eigenvalue weighted by Crippen LogP contribution is 2.10. The summed E-state index contributed by atoms with van der Waals surface area (Å²) in [5.41, 5.74) is 2.72. The van der Waals surface area contributed by atoms with E-state index in [9.17, 15) is 4.79 Å². The molecule has 5 heteroatoms. The van der Waals surface area contributed by atoms with Gasteiger partial charge in [-0.2, -0.15) is 5.26 Å². The molecule has 1 heterocycles. The third kappa shape index (κ3) is 6.21. The van der Waals surface area contributed by atoms with Crippen molar-refractivity contribution in [1.29, 1.82) is 5.26 Å². The minimum Gasteiger partial charge on any atom is -0.326 e. The molecule has 0 radical (unpaired) electrons. The smallest absolute Gasteiger partial charge is 0.225 e. The molecule has 1 N–H and O–H groups in total. The van der Waals surface area contributed by atoms with Crippen LogP contribution in [0.1, 0.15) is 17.5 Å². The highest BCUT2D eigenvalue weighted by Gasteiger charge is 2.17. The summed E-state index contributed by atoms with van der Waals surface area (Å²) in [6.45, 7) is 6.03. The van der Waals surface area contributed by atoms with Gasteiger partial charge in [0.2, 0.25) is 5.91 Å². The second-order valence-corrected chi connectivity index (χ2v) is 6.91. The van der Waals surface area contributed by atoms with Crippen molar-refractivity contribution in [1.82, 2.24) is 9.80 Å². The summed E-state index contributed by atoms with van der Waals surface area (Å²) in [5, 5.41) is 11.7. The summed E-state index contributed by atoms with van der Waals surface area (Å²) in [6.07, 6.45) is 1.58. The predicted octanol–water partition coefficient (Wildman–Crippen LogP) is 2.75. The molecule has 0 bridgehead atoms. The summed E-state index contributed by atoms with van der Waals surface area (Å²) in [6, 6.07) is 19.6. The molecular weight excluding hydrogens is 336 g/mol. The van der Waals surface area contributed by atoms with E-state index in [1.165, 1.54) is 5.56 Å². The van der Waals surface area contributed by atoms with Gasteiger partial charge in [-0.15, -0.1) is 0 Å². The van der Waals surface area contributed by atoms with Crippen molar-refractivity contribution in [2.75, 3.05) is 44.6 Å². The maximum atomic E-state index is 12.1. The monoisotopic (exact) mass is 362 g/mol. The van der Waals surface area contributed by atoms with Gasteiger partial charge >= 0.3 is 0 Å². The Bertz CT molecular complexity index is 759. The van der Waals surface area contributed by atoms with Gasteiger partial charge in [-0.25, -0.2) is 0 Å². The summed E-state index contributed by atoms with van der Waals surface area (Å²) in [4.78, 5) is 17.0. The maximum Gasteiger partial charge on any atom is 0.225 e. The van der Waals surface area contributed by atoms with Gasteiger partial charge in [-0.3, -0.25) is 4.79 Å². The van der Waals surface area contributed by atoms with E-state index in [-0.39, 0.29) is 5.91 Å². The number of carbonyl (C=O) groups excluding carboxylic acids is 1. The molecule has 0 aliphatic carbocycles. The Kier molecular flexibility index (Phi) is 6.97. The number of nitriles is 1. The third-order valence-electron chi connectivity index (χ3n) is 4.98. The molecule has 0 unspecified atom stereocenters. The Balaban J connectivity index is 1.33. The van der Waals surface area contributed by atoms with Crippen LogP contribution in [0, 0.1) is 11.3 Å². The molecule has 1 fully saturated rings. The second kappa shape index (κ2) is 9.86. The average Bonchev–Trinajstić information content (AvgIpc) is 2.73. The van der Waals surface area contributed by atoms with Crippen LogP contribution in [0.15, 0.2) is 54.6 Å². The van der Waals surface area contributed by atoms with Crippen LogP contribution < -0.4 is 5.32 Å². The fourth-order valence-corrected chi connectivity index (χ4v) is 3.28. The third-order valence-corrected chi connectivity index (χ3v) is 4.98. The van der Waals surface area contributed by atoms with E-state index in [2.05, 4.69) is 51.5 Å². The minimum atomic E-state index is 0.0196.